The van der Waals surface area contributed by atoms with E-state index in [9.17, 15) is 0 Å². The van der Waals surface area contributed by atoms with Gasteiger partial charge in [-0.2, -0.15) is 9.61 Å². The molecule has 3 rings (SSSR count). The summed E-state index contributed by atoms with van der Waals surface area (Å²) in [6, 6.07) is 3.45. The second-order valence-electron chi connectivity index (χ2n) is 4.00. The number of rotatable bonds is 3. The minimum atomic E-state index is 0.341. The summed E-state index contributed by atoms with van der Waals surface area (Å²) in [4.78, 5) is 0.677. The van der Waals surface area contributed by atoms with Gasteiger partial charge in [0.05, 0.1) is 15.7 Å². The minimum absolute atomic E-state index is 0.341. The molecule has 0 atom stereocenters. The first-order valence-corrected chi connectivity index (χ1v) is 7.12. The van der Waals surface area contributed by atoms with Crippen molar-refractivity contribution in [3.05, 3.63) is 28.0 Å². The van der Waals surface area contributed by atoms with Crippen LogP contribution in [-0.2, 0) is 11.3 Å². The highest BCUT2D eigenvalue weighted by atomic mass is 35.5. The van der Waals surface area contributed by atoms with E-state index in [1.54, 1.807) is 23.8 Å². The molecule has 0 fully saturated rings. The summed E-state index contributed by atoms with van der Waals surface area (Å²) in [6.45, 7) is 0.341. The summed E-state index contributed by atoms with van der Waals surface area (Å²) in [5, 5.41) is 14.0. The van der Waals surface area contributed by atoms with Gasteiger partial charge >= 0.3 is 0 Å². The topological polar surface area (TPSA) is 78.3 Å². The molecule has 104 valence electrons. The molecule has 0 unspecified atom stereocenters. The molecule has 0 saturated heterocycles. The molecule has 0 spiro atoms. The smallest absolute Gasteiger partial charge is 0.235 e. The van der Waals surface area contributed by atoms with Crippen molar-refractivity contribution in [2.75, 3.05) is 12.8 Å². The molecule has 0 aliphatic heterocycles. The van der Waals surface area contributed by atoms with Crippen molar-refractivity contribution in [3.8, 4) is 10.6 Å². The van der Waals surface area contributed by atoms with Crippen LogP contribution in [0.3, 0.4) is 0 Å². The predicted molar refractivity (Wildman–Crippen MR) is 79.2 cm³/mol. The Hall–Kier alpha value is -1.41. The predicted octanol–water partition coefficient (Wildman–Crippen LogP) is 2.89. The Balaban J connectivity index is 2.10. The number of nitrogens with two attached hydrogens (primary N) is 1. The Kier molecular flexibility index (Phi) is 3.51. The molecule has 0 aliphatic carbocycles. The van der Waals surface area contributed by atoms with Crippen molar-refractivity contribution in [2.24, 2.45) is 0 Å². The van der Waals surface area contributed by atoms with Gasteiger partial charge in [0.15, 0.2) is 5.82 Å². The SMILES string of the molecule is COCc1nnc2sc(-c3cc(Cl)c(N)c(Cl)c3)nn12. The first-order valence-electron chi connectivity index (χ1n) is 5.55. The number of halogens is 2. The van der Waals surface area contributed by atoms with E-state index in [1.165, 1.54) is 11.3 Å². The number of nitrogens with zero attached hydrogens (tertiary/aromatic N) is 4. The Morgan fingerprint density at radius 2 is 2.00 bits per heavy atom. The van der Waals surface area contributed by atoms with Gasteiger partial charge in [-0.15, -0.1) is 10.2 Å². The minimum Gasteiger partial charge on any atom is -0.396 e. The van der Waals surface area contributed by atoms with Crippen LogP contribution in [0.15, 0.2) is 12.1 Å². The average molecular weight is 330 g/mol. The van der Waals surface area contributed by atoms with E-state index >= 15 is 0 Å². The Morgan fingerprint density at radius 1 is 1.30 bits per heavy atom. The van der Waals surface area contributed by atoms with Crippen LogP contribution in [0.1, 0.15) is 5.82 Å². The van der Waals surface area contributed by atoms with Gasteiger partial charge in [-0.1, -0.05) is 34.5 Å². The zero-order valence-electron chi connectivity index (χ0n) is 10.3. The van der Waals surface area contributed by atoms with E-state index in [0.29, 0.717) is 33.1 Å². The maximum atomic E-state index is 6.04. The van der Waals surface area contributed by atoms with Crippen molar-refractivity contribution in [1.82, 2.24) is 19.8 Å². The van der Waals surface area contributed by atoms with Crippen LogP contribution in [0.5, 0.6) is 0 Å². The normalized spacial score (nSPS) is 11.3. The van der Waals surface area contributed by atoms with E-state index in [0.717, 1.165) is 10.6 Å². The number of fused-ring (bicyclic) bond motifs is 1. The maximum Gasteiger partial charge on any atom is 0.235 e. The van der Waals surface area contributed by atoms with Crippen LogP contribution < -0.4 is 5.73 Å². The summed E-state index contributed by atoms with van der Waals surface area (Å²) in [5.74, 6) is 0.637. The van der Waals surface area contributed by atoms with E-state index in [2.05, 4.69) is 15.3 Å². The molecule has 0 bridgehead atoms. The molecule has 2 heterocycles. The molecule has 0 amide bonds. The fraction of sp³-hybridized carbons (Fsp3) is 0.182. The highest BCUT2D eigenvalue weighted by Gasteiger charge is 2.14. The Morgan fingerprint density at radius 3 is 2.65 bits per heavy atom. The molecule has 0 saturated carbocycles. The molecule has 6 nitrogen and oxygen atoms in total. The van der Waals surface area contributed by atoms with Crippen LogP contribution in [0.4, 0.5) is 5.69 Å². The largest absolute Gasteiger partial charge is 0.396 e. The second kappa shape index (κ2) is 5.17. The molecule has 9 heteroatoms. The van der Waals surface area contributed by atoms with Crippen molar-refractivity contribution in [2.45, 2.75) is 6.61 Å². The van der Waals surface area contributed by atoms with Gasteiger partial charge in [-0.25, -0.2) is 0 Å². The van der Waals surface area contributed by atoms with E-state index in [1.807, 2.05) is 0 Å². The van der Waals surface area contributed by atoms with Gasteiger partial charge in [0.1, 0.15) is 11.6 Å². The Bertz CT molecular complexity index is 761. The standard InChI is InChI=1S/C11H9Cl2N5OS/c1-19-4-8-15-16-11-18(8)17-10(20-11)5-2-6(12)9(14)7(13)3-5/h2-3H,4,14H2,1H3. The van der Waals surface area contributed by atoms with Crippen molar-refractivity contribution in [3.63, 3.8) is 0 Å². The van der Waals surface area contributed by atoms with E-state index in [4.69, 9.17) is 33.7 Å². The summed E-state index contributed by atoms with van der Waals surface area (Å²) in [5.41, 5.74) is 6.87. The fourth-order valence-electron chi connectivity index (χ4n) is 1.70. The monoisotopic (exact) mass is 329 g/mol. The number of nitrogen functional groups attached to an aromatic ring is 1. The lowest BCUT2D eigenvalue weighted by Crippen LogP contribution is -1.97. The lowest BCUT2D eigenvalue weighted by Gasteiger charge is -2.03. The lowest BCUT2D eigenvalue weighted by molar-refractivity contribution is 0.176. The molecule has 3 aromatic rings. The van der Waals surface area contributed by atoms with Crippen LogP contribution in [0.2, 0.25) is 10.0 Å². The van der Waals surface area contributed by atoms with Crippen LogP contribution in [0, 0.1) is 0 Å². The fourth-order valence-corrected chi connectivity index (χ4v) is 3.03. The number of hydrogen-bond donors (Lipinski definition) is 1. The molecule has 2 aromatic heterocycles. The zero-order valence-corrected chi connectivity index (χ0v) is 12.6. The summed E-state index contributed by atoms with van der Waals surface area (Å²) < 4.78 is 6.69. The zero-order chi connectivity index (χ0) is 14.3. The van der Waals surface area contributed by atoms with Gasteiger partial charge in [0.25, 0.3) is 0 Å². The van der Waals surface area contributed by atoms with Crippen LogP contribution in [0.25, 0.3) is 15.5 Å². The van der Waals surface area contributed by atoms with Gasteiger partial charge in [0, 0.05) is 12.7 Å². The summed E-state index contributed by atoms with van der Waals surface area (Å²) in [7, 11) is 1.59. The number of aromatic nitrogens is 4. The van der Waals surface area contributed by atoms with Gasteiger partial charge < -0.3 is 10.5 Å². The first-order chi connectivity index (χ1) is 9.60. The number of hydrogen-bond acceptors (Lipinski definition) is 6. The molecule has 1 aromatic carbocycles. The van der Waals surface area contributed by atoms with Gasteiger partial charge in [-0.3, -0.25) is 0 Å². The van der Waals surface area contributed by atoms with E-state index < -0.39 is 0 Å². The summed E-state index contributed by atoms with van der Waals surface area (Å²) in [6.07, 6.45) is 0. The second-order valence-corrected chi connectivity index (χ2v) is 5.77. The highest BCUT2D eigenvalue weighted by Crippen LogP contribution is 2.35. The Labute approximate surface area is 128 Å². The number of methoxy groups -OCH3 is 1. The molecule has 0 radical (unpaired) electrons. The third-order valence-corrected chi connectivity index (χ3v) is 4.23. The molecule has 20 heavy (non-hydrogen) atoms. The lowest BCUT2D eigenvalue weighted by atomic mass is 10.2. The van der Waals surface area contributed by atoms with Crippen molar-refractivity contribution >= 4 is 45.2 Å². The number of anilines is 1. The van der Waals surface area contributed by atoms with Crippen molar-refractivity contribution < 1.29 is 4.74 Å². The quantitative estimate of drug-likeness (QED) is 0.747. The third-order valence-electron chi connectivity index (χ3n) is 2.65. The molecule has 0 aliphatic rings. The molecular weight excluding hydrogens is 321 g/mol. The first kappa shape index (κ1) is 13.6. The van der Waals surface area contributed by atoms with Gasteiger partial charge in [-0.05, 0) is 12.1 Å². The highest BCUT2D eigenvalue weighted by molar-refractivity contribution is 7.19. The van der Waals surface area contributed by atoms with Crippen LogP contribution >= 0.6 is 34.5 Å². The average Bonchev–Trinajstić information content (AvgIpc) is 2.98. The van der Waals surface area contributed by atoms with Crippen molar-refractivity contribution in [1.29, 1.82) is 0 Å². The number of ether oxygens (including phenoxy) is 1. The van der Waals surface area contributed by atoms with Gasteiger partial charge in [0.2, 0.25) is 4.96 Å². The van der Waals surface area contributed by atoms with Crippen LogP contribution in [-0.4, -0.2) is 26.9 Å². The maximum absolute atomic E-state index is 6.04. The number of benzene rings is 1. The third kappa shape index (κ3) is 2.22. The molecule has 2 N–H and O–H groups in total. The van der Waals surface area contributed by atoms with E-state index in [-0.39, 0.29) is 0 Å². The summed E-state index contributed by atoms with van der Waals surface area (Å²) >= 11 is 13.5. The molecular formula is C11H9Cl2N5OS.